The third kappa shape index (κ3) is 3.90. The van der Waals surface area contributed by atoms with Crippen LogP contribution in [0.25, 0.3) is 0 Å². The van der Waals surface area contributed by atoms with Gasteiger partial charge in [0.1, 0.15) is 5.02 Å². The molecule has 1 saturated heterocycles. The second-order valence-corrected chi connectivity index (χ2v) is 5.28. The molecule has 1 aromatic rings. The van der Waals surface area contributed by atoms with Crippen molar-refractivity contribution < 1.29 is 9.72 Å². The summed E-state index contributed by atoms with van der Waals surface area (Å²) in [6.07, 6.45) is 0. The number of benzene rings is 1. The van der Waals surface area contributed by atoms with E-state index in [0.717, 1.165) is 26.2 Å². The number of nitrogens with zero attached hydrogens (tertiary/aromatic N) is 2. The highest BCUT2D eigenvalue weighted by molar-refractivity contribution is 6.32. The van der Waals surface area contributed by atoms with Gasteiger partial charge >= 0.3 is 0 Å². The molecule has 0 aromatic heterocycles. The fourth-order valence-corrected chi connectivity index (χ4v) is 2.40. The molecule has 1 atom stereocenters. The second-order valence-electron chi connectivity index (χ2n) is 4.87. The molecule has 1 amide bonds. The highest BCUT2D eigenvalue weighted by atomic mass is 35.5. The van der Waals surface area contributed by atoms with Gasteiger partial charge < -0.3 is 10.6 Å². The molecule has 1 aromatic carbocycles. The third-order valence-electron chi connectivity index (χ3n) is 3.49. The molecule has 0 bridgehead atoms. The van der Waals surface area contributed by atoms with Crippen molar-refractivity contribution in [2.75, 3.05) is 31.5 Å². The molecule has 21 heavy (non-hydrogen) atoms. The number of piperazine rings is 1. The Morgan fingerprint density at radius 3 is 2.76 bits per heavy atom. The summed E-state index contributed by atoms with van der Waals surface area (Å²) < 4.78 is 0. The van der Waals surface area contributed by atoms with E-state index in [0.29, 0.717) is 5.69 Å². The van der Waals surface area contributed by atoms with Crippen molar-refractivity contribution in [1.29, 1.82) is 0 Å². The number of nitro groups is 1. The highest BCUT2D eigenvalue weighted by Gasteiger charge is 2.23. The molecule has 0 spiro atoms. The third-order valence-corrected chi connectivity index (χ3v) is 3.81. The second kappa shape index (κ2) is 6.84. The van der Waals surface area contributed by atoms with E-state index in [1.807, 2.05) is 6.92 Å². The van der Waals surface area contributed by atoms with E-state index >= 15 is 0 Å². The first kappa shape index (κ1) is 15.7. The first-order valence-electron chi connectivity index (χ1n) is 6.68. The zero-order valence-electron chi connectivity index (χ0n) is 11.6. The van der Waals surface area contributed by atoms with Crippen LogP contribution in [0, 0.1) is 10.1 Å². The van der Waals surface area contributed by atoms with E-state index in [2.05, 4.69) is 15.5 Å². The van der Waals surface area contributed by atoms with E-state index in [1.165, 1.54) is 12.1 Å². The van der Waals surface area contributed by atoms with Gasteiger partial charge in [0.2, 0.25) is 5.91 Å². The van der Waals surface area contributed by atoms with Crippen molar-refractivity contribution in [1.82, 2.24) is 10.2 Å². The van der Waals surface area contributed by atoms with E-state index in [9.17, 15) is 14.9 Å². The van der Waals surface area contributed by atoms with Crippen LogP contribution in [-0.4, -0.2) is 48.0 Å². The fraction of sp³-hybridized carbons (Fsp3) is 0.462. The molecule has 2 N–H and O–H groups in total. The Hall–Kier alpha value is -1.70. The predicted molar refractivity (Wildman–Crippen MR) is 80.6 cm³/mol. The summed E-state index contributed by atoms with van der Waals surface area (Å²) in [7, 11) is 0. The molecule has 1 aliphatic heterocycles. The topological polar surface area (TPSA) is 87.5 Å². The summed E-state index contributed by atoms with van der Waals surface area (Å²) >= 11 is 5.74. The molecular weight excluding hydrogens is 296 g/mol. The van der Waals surface area contributed by atoms with Gasteiger partial charge in [-0.1, -0.05) is 11.6 Å². The van der Waals surface area contributed by atoms with Crippen LogP contribution in [0.5, 0.6) is 0 Å². The first-order chi connectivity index (χ1) is 9.99. The molecule has 1 unspecified atom stereocenters. The lowest BCUT2D eigenvalue weighted by Crippen LogP contribution is -2.51. The molecule has 1 aliphatic rings. The van der Waals surface area contributed by atoms with Crippen LogP contribution in [0.15, 0.2) is 18.2 Å². The van der Waals surface area contributed by atoms with Gasteiger partial charge in [-0.15, -0.1) is 0 Å². The summed E-state index contributed by atoms with van der Waals surface area (Å²) in [4.78, 5) is 24.5. The Morgan fingerprint density at radius 1 is 1.48 bits per heavy atom. The van der Waals surface area contributed by atoms with Crippen LogP contribution in [0.4, 0.5) is 11.4 Å². The monoisotopic (exact) mass is 312 g/mol. The Kier molecular flexibility index (Phi) is 5.11. The summed E-state index contributed by atoms with van der Waals surface area (Å²) in [5.41, 5.74) is 0.155. The average Bonchev–Trinajstić information content (AvgIpc) is 2.49. The van der Waals surface area contributed by atoms with Gasteiger partial charge in [-0.25, -0.2) is 0 Å². The van der Waals surface area contributed by atoms with Gasteiger partial charge in [0.05, 0.1) is 11.0 Å². The lowest BCUT2D eigenvalue weighted by molar-refractivity contribution is -0.384. The molecule has 114 valence electrons. The SMILES string of the molecule is CC(C(=O)Nc1ccc(Cl)c([N+](=O)[O-])c1)N1CCNCC1. The molecule has 2 rings (SSSR count). The molecule has 7 nitrogen and oxygen atoms in total. The molecule has 0 saturated carbocycles. The number of hydrogen-bond acceptors (Lipinski definition) is 5. The van der Waals surface area contributed by atoms with Crippen LogP contribution in [0.3, 0.4) is 0 Å². The van der Waals surface area contributed by atoms with Crippen LogP contribution in [0.1, 0.15) is 6.92 Å². The Morgan fingerprint density at radius 2 is 2.14 bits per heavy atom. The molecule has 8 heteroatoms. The number of hydrogen-bond donors (Lipinski definition) is 2. The number of halogens is 1. The largest absolute Gasteiger partial charge is 0.324 e. The summed E-state index contributed by atoms with van der Waals surface area (Å²) in [5, 5.41) is 16.8. The quantitative estimate of drug-likeness (QED) is 0.649. The van der Waals surface area contributed by atoms with E-state index in [-0.39, 0.29) is 22.7 Å². The van der Waals surface area contributed by atoms with Crippen molar-refractivity contribution in [2.45, 2.75) is 13.0 Å². The Balaban J connectivity index is 2.05. The molecular formula is C13H17ClN4O3. The number of nitrogens with one attached hydrogen (secondary N) is 2. The van der Waals surface area contributed by atoms with Crippen LogP contribution in [0.2, 0.25) is 5.02 Å². The fourth-order valence-electron chi connectivity index (χ4n) is 2.21. The highest BCUT2D eigenvalue weighted by Crippen LogP contribution is 2.27. The molecule has 1 fully saturated rings. The summed E-state index contributed by atoms with van der Waals surface area (Å²) in [6.45, 7) is 5.13. The van der Waals surface area contributed by atoms with Gasteiger partial charge in [0, 0.05) is 37.9 Å². The van der Waals surface area contributed by atoms with Crippen molar-refractivity contribution in [3.8, 4) is 0 Å². The normalized spacial score (nSPS) is 17.2. The van der Waals surface area contributed by atoms with Gasteiger partial charge in [-0.2, -0.15) is 0 Å². The molecule has 0 radical (unpaired) electrons. The van der Waals surface area contributed by atoms with Crippen molar-refractivity contribution in [2.24, 2.45) is 0 Å². The number of nitro benzene ring substituents is 1. The lowest BCUT2D eigenvalue weighted by Gasteiger charge is -2.31. The number of carbonyl (C=O) groups is 1. The minimum absolute atomic E-state index is 0.0492. The van der Waals surface area contributed by atoms with Crippen molar-refractivity contribution in [3.05, 3.63) is 33.3 Å². The van der Waals surface area contributed by atoms with E-state index in [1.54, 1.807) is 6.07 Å². The zero-order chi connectivity index (χ0) is 15.4. The summed E-state index contributed by atoms with van der Waals surface area (Å²) in [5.74, 6) is -0.187. The van der Waals surface area contributed by atoms with Crippen LogP contribution < -0.4 is 10.6 Å². The Labute approximate surface area is 127 Å². The summed E-state index contributed by atoms with van der Waals surface area (Å²) in [6, 6.07) is 3.94. The number of amides is 1. The van der Waals surface area contributed by atoms with Crippen molar-refractivity contribution in [3.63, 3.8) is 0 Å². The van der Waals surface area contributed by atoms with E-state index < -0.39 is 4.92 Å². The van der Waals surface area contributed by atoms with Crippen molar-refractivity contribution >= 4 is 28.9 Å². The van der Waals surface area contributed by atoms with E-state index in [4.69, 9.17) is 11.6 Å². The van der Waals surface area contributed by atoms with Crippen LogP contribution >= 0.6 is 11.6 Å². The smallest absolute Gasteiger partial charge is 0.289 e. The maximum Gasteiger partial charge on any atom is 0.289 e. The zero-order valence-corrected chi connectivity index (χ0v) is 12.4. The number of anilines is 1. The first-order valence-corrected chi connectivity index (χ1v) is 7.06. The average molecular weight is 313 g/mol. The van der Waals surface area contributed by atoms with Gasteiger partial charge in [0.15, 0.2) is 0 Å². The minimum atomic E-state index is -0.572. The molecule has 1 heterocycles. The van der Waals surface area contributed by atoms with Gasteiger partial charge in [0.25, 0.3) is 5.69 Å². The van der Waals surface area contributed by atoms with Crippen LogP contribution in [-0.2, 0) is 4.79 Å². The maximum absolute atomic E-state index is 12.2. The standard InChI is InChI=1S/C13H17ClN4O3/c1-9(17-6-4-15-5-7-17)13(19)16-10-2-3-11(14)12(8-10)18(20)21/h2-3,8-9,15H,4-7H2,1H3,(H,16,19). The number of carbonyl (C=O) groups excluding carboxylic acids is 1. The van der Waals surface area contributed by atoms with Gasteiger partial charge in [-0.3, -0.25) is 19.8 Å². The van der Waals surface area contributed by atoms with Gasteiger partial charge in [-0.05, 0) is 19.1 Å². The Bertz CT molecular complexity index is 546. The number of rotatable bonds is 4. The minimum Gasteiger partial charge on any atom is -0.324 e. The maximum atomic E-state index is 12.2. The lowest BCUT2D eigenvalue weighted by atomic mass is 10.2. The predicted octanol–water partition coefficient (Wildman–Crippen LogP) is 1.48. The molecule has 0 aliphatic carbocycles.